The van der Waals surface area contributed by atoms with Crippen molar-refractivity contribution < 1.29 is 9.53 Å². The number of amides is 1. The topological polar surface area (TPSA) is 53.3 Å². The Labute approximate surface area is 134 Å². The number of hydrogen-bond donors (Lipinski definition) is 0. The van der Waals surface area contributed by atoms with E-state index in [1.807, 2.05) is 25.7 Å². The number of carbonyl (C=O) groups excluding carboxylic acids is 1. The van der Waals surface area contributed by atoms with Crippen molar-refractivity contribution in [3.63, 3.8) is 0 Å². The van der Waals surface area contributed by atoms with Crippen molar-refractivity contribution >= 4 is 6.09 Å². The van der Waals surface area contributed by atoms with Crippen LogP contribution in [0.3, 0.4) is 0 Å². The minimum absolute atomic E-state index is 0.212. The summed E-state index contributed by atoms with van der Waals surface area (Å²) in [6, 6.07) is 2.29. The summed E-state index contributed by atoms with van der Waals surface area (Å²) in [5.41, 5.74) is -0.459. The summed E-state index contributed by atoms with van der Waals surface area (Å²) in [6.45, 7) is 7.19. The maximum absolute atomic E-state index is 12.4. The van der Waals surface area contributed by atoms with E-state index >= 15 is 0 Å². The van der Waals surface area contributed by atoms with Gasteiger partial charge in [-0.2, -0.15) is 5.26 Å². The lowest BCUT2D eigenvalue weighted by atomic mass is 9.74. The van der Waals surface area contributed by atoms with Gasteiger partial charge in [-0.15, -0.1) is 0 Å². The van der Waals surface area contributed by atoms with Crippen molar-refractivity contribution in [2.75, 3.05) is 13.1 Å². The number of ether oxygens (including phenoxy) is 1. The molecule has 1 aliphatic heterocycles. The van der Waals surface area contributed by atoms with Crippen LogP contribution in [0.25, 0.3) is 0 Å². The molecule has 2 rings (SSSR count). The van der Waals surface area contributed by atoms with E-state index in [1.54, 1.807) is 0 Å². The van der Waals surface area contributed by atoms with Gasteiger partial charge in [-0.25, -0.2) is 4.79 Å². The van der Waals surface area contributed by atoms with E-state index in [-0.39, 0.29) is 6.09 Å². The highest BCUT2D eigenvalue weighted by Gasteiger charge is 2.36. The first-order valence-corrected chi connectivity index (χ1v) is 8.74. The number of carbonyl (C=O) groups is 1. The second-order valence-electron chi connectivity index (χ2n) is 8.01. The lowest BCUT2D eigenvalue weighted by Gasteiger charge is -2.41. The van der Waals surface area contributed by atoms with E-state index in [1.165, 1.54) is 32.1 Å². The Bertz CT molecular complexity index is 416. The molecule has 1 heterocycles. The first-order valence-electron chi connectivity index (χ1n) is 8.74. The third kappa shape index (κ3) is 4.90. The fraction of sp³-hybridized carbons (Fsp3) is 0.889. The molecule has 1 saturated carbocycles. The normalized spacial score (nSPS) is 27.3. The molecule has 0 bridgehead atoms. The number of piperidine rings is 1. The maximum atomic E-state index is 12.4. The van der Waals surface area contributed by atoms with Crippen LogP contribution in [-0.4, -0.2) is 29.7 Å². The van der Waals surface area contributed by atoms with Gasteiger partial charge in [0.25, 0.3) is 0 Å². The number of likely N-dealkylation sites (tertiary alicyclic amines) is 1. The van der Waals surface area contributed by atoms with Crippen molar-refractivity contribution in [2.24, 2.45) is 17.8 Å². The van der Waals surface area contributed by atoms with Crippen LogP contribution in [0.5, 0.6) is 0 Å². The molecule has 1 saturated heterocycles. The van der Waals surface area contributed by atoms with Gasteiger partial charge in [-0.3, -0.25) is 0 Å². The van der Waals surface area contributed by atoms with Crippen LogP contribution in [0.2, 0.25) is 0 Å². The molecule has 1 amide bonds. The monoisotopic (exact) mass is 306 g/mol. The zero-order chi connectivity index (χ0) is 16.2. The van der Waals surface area contributed by atoms with Gasteiger partial charge in [0.05, 0.1) is 6.07 Å². The third-order valence-electron chi connectivity index (χ3n) is 4.92. The van der Waals surface area contributed by atoms with Crippen molar-refractivity contribution in [2.45, 2.75) is 71.3 Å². The van der Waals surface area contributed by atoms with Gasteiger partial charge in [-0.05, 0) is 44.9 Å². The first-order chi connectivity index (χ1) is 10.4. The van der Waals surface area contributed by atoms with Gasteiger partial charge < -0.3 is 9.64 Å². The zero-order valence-corrected chi connectivity index (χ0v) is 14.3. The summed E-state index contributed by atoms with van der Waals surface area (Å²) in [6.07, 6.45) is 7.97. The molecule has 4 nitrogen and oxygen atoms in total. The largest absolute Gasteiger partial charge is 0.444 e. The molecule has 0 aromatic rings. The summed E-state index contributed by atoms with van der Waals surface area (Å²) in [7, 11) is 0. The molecule has 22 heavy (non-hydrogen) atoms. The summed E-state index contributed by atoms with van der Waals surface area (Å²) in [5.74, 6) is 1.57. The van der Waals surface area contributed by atoms with Gasteiger partial charge in [0.2, 0.25) is 0 Å². The van der Waals surface area contributed by atoms with Crippen LogP contribution in [0.15, 0.2) is 0 Å². The molecule has 1 aliphatic carbocycles. The first kappa shape index (κ1) is 17.1. The molecule has 124 valence electrons. The lowest BCUT2D eigenvalue weighted by molar-refractivity contribution is 0.00286. The molecule has 0 radical (unpaired) electrons. The number of nitrogens with zero attached hydrogens (tertiary/aromatic N) is 2. The molecular formula is C18H30N2O2. The molecule has 0 aromatic carbocycles. The van der Waals surface area contributed by atoms with Gasteiger partial charge in [0.15, 0.2) is 0 Å². The van der Waals surface area contributed by atoms with Gasteiger partial charge in [0.1, 0.15) is 5.60 Å². The molecule has 2 aliphatic rings. The maximum Gasteiger partial charge on any atom is 0.410 e. The van der Waals surface area contributed by atoms with Crippen LogP contribution in [0, 0.1) is 29.1 Å². The van der Waals surface area contributed by atoms with Gasteiger partial charge in [-0.1, -0.05) is 32.1 Å². The smallest absolute Gasteiger partial charge is 0.410 e. The molecule has 0 aromatic heterocycles. The van der Waals surface area contributed by atoms with E-state index < -0.39 is 5.60 Å². The van der Waals surface area contributed by atoms with Crippen molar-refractivity contribution in [3.8, 4) is 6.07 Å². The van der Waals surface area contributed by atoms with Crippen LogP contribution >= 0.6 is 0 Å². The predicted molar refractivity (Wildman–Crippen MR) is 86.2 cm³/mol. The highest BCUT2D eigenvalue weighted by atomic mass is 16.6. The molecule has 0 N–H and O–H groups in total. The van der Waals surface area contributed by atoms with E-state index in [2.05, 4.69) is 6.07 Å². The van der Waals surface area contributed by atoms with Crippen LogP contribution < -0.4 is 0 Å². The Morgan fingerprint density at radius 1 is 1.18 bits per heavy atom. The summed E-state index contributed by atoms with van der Waals surface area (Å²) >= 11 is 0. The SMILES string of the molecule is CC(C)(C)OC(=O)N1C[C@H](CC#N)C[C@H](C2CCCCC2)C1. The van der Waals surface area contributed by atoms with Crippen LogP contribution in [-0.2, 0) is 4.74 Å². The van der Waals surface area contributed by atoms with Gasteiger partial charge >= 0.3 is 6.09 Å². The third-order valence-corrected chi connectivity index (χ3v) is 4.92. The van der Waals surface area contributed by atoms with Crippen molar-refractivity contribution in [1.82, 2.24) is 4.90 Å². The van der Waals surface area contributed by atoms with E-state index in [0.29, 0.717) is 24.8 Å². The van der Waals surface area contributed by atoms with Crippen molar-refractivity contribution in [3.05, 3.63) is 0 Å². The minimum Gasteiger partial charge on any atom is -0.444 e. The molecule has 2 fully saturated rings. The highest BCUT2D eigenvalue weighted by molar-refractivity contribution is 5.68. The Balaban J connectivity index is 2.02. The summed E-state index contributed by atoms with van der Waals surface area (Å²) in [4.78, 5) is 14.3. The quantitative estimate of drug-likeness (QED) is 0.762. The highest BCUT2D eigenvalue weighted by Crippen LogP contribution is 2.37. The summed E-state index contributed by atoms with van der Waals surface area (Å²) < 4.78 is 5.54. The lowest BCUT2D eigenvalue weighted by Crippen LogP contribution is -2.47. The number of hydrogen-bond acceptors (Lipinski definition) is 3. The standard InChI is InChI=1S/C18H30N2O2/c1-18(2,3)22-17(21)20-12-14(9-10-19)11-16(13-20)15-7-5-4-6-8-15/h14-16H,4-9,11-13H2,1-3H3/t14-,16+/m1/s1. The molecular weight excluding hydrogens is 276 g/mol. The fourth-order valence-corrected chi connectivity index (χ4v) is 3.95. The van der Waals surface area contributed by atoms with E-state index in [0.717, 1.165) is 18.9 Å². The van der Waals surface area contributed by atoms with Crippen LogP contribution in [0.4, 0.5) is 4.79 Å². The van der Waals surface area contributed by atoms with Gasteiger partial charge in [0, 0.05) is 19.5 Å². The number of rotatable bonds is 2. The van der Waals surface area contributed by atoms with Crippen molar-refractivity contribution in [1.29, 1.82) is 5.26 Å². The molecule has 2 atom stereocenters. The Morgan fingerprint density at radius 3 is 2.45 bits per heavy atom. The molecule has 0 unspecified atom stereocenters. The molecule has 4 heteroatoms. The zero-order valence-electron chi connectivity index (χ0n) is 14.3. The Hall–Kier alpha value is -1.24. The average molecular weight is 306 g/mol. The second kappa shape index (κ2) is 7.35. The minimum atomic E-state index is -0.459. The number of nitriles is 1. The molecule has 0 spiro atoms. The summed E-state index contributed by atoms with van der Waals surface area (Å²) in [5, 5.41) is 9.04. The van der Waals surface area contributed by atoms with E-state index in [9.17, 15) is 4.79 Å². The van der Waals surface area contributed by atoms with Crippen LogP contribution in [0.1, 0.15) is 65.7 Å². The fourth-order valence-electron chi connectivity index (χ4n) is 3.95. The Kier molecular flexibility index (Phi) is 5.72. The average Bonchev–Trinajstić information content (AvgIpc) is 2.46. The second-order valence-corrected chi connectivity index (χ2v) is 8.01. The van der Waals surface area contributed by atoms with E-state index in [4.69, 9.17) is 10.00 Å². The Morgan fingerprint density at radius 2 is 1.86 bits per heavy atom. The predicted octanol–water partition coefficient (Wildman–Crippen LogP) is 4.35.